The molecule has 378 valence electrons. The molecular weight excluding hydrogens is 1120 g/mol. The molecule has 0 spiro atoms. The number of ether oxygens (including phenoxy) is 1. The van der Waals surface area contributed by atoms with E-state index in [9.17, 15) is 9.59 Å². The number of carbonyl (C=O) groups is 2. The number of fused-ring (bicyclic) bond motifs is 6. The van der Waals surface area contributed by atoms with Crippen molar-refractivity contribution in [3.05, 3.63) is 216 Å². The molecule has 10 aromatic rings. The Balaban J connectivity index is 0.000000263. The number of hydrogen-bond acceptors (Lipinski definition) is 12. The smallest absolute Gasteiger partial charge is 0.753 e. The standard InChI is InChI=1S/C48H36N2S2.C12H8N2O4.CHNS.CNS.Ru/c1-47(2)37-11-7-5-9-33(37)35-15-13-29(25-39(35)47)43-17-19-45(51-43)31-21-23-49-41(27-31)42-28-32(22-24-50-42)46-20-18-44(52-46)30-14-16-36-34-10-6-8-12-38(34)48(3,4)40(36)26-30;15-7-18-9-2-4-14-11(6-9)10-5-8(12(16)17)1-3-13-10;2*2-1-3;/h5-28H,1-4H3;1-7H,(H,16,17);3H;;/q;;;-1;+2/p-1. The first kappa shape index (κ1) is 55.2. The zero-order valence-electron chi connectivity index (χ0n) is 41.7. The second-order valence-corrected chi connectivity index (χ2v) is 21.1. The minimum atomic E-state index is -1.04. The summed E-state index contributed by atoms with van der Waals surface area (Å²) in [6.45, 7) is 9.67. The summed E-state index contributed by atoms with van der Waals surface area (Å²) in [4.78, 5) is 43.7. The van der Waals surface area contributed by atoms with E-state index in [-0.39, 0.29) is 35.9 Å². The monoisotopic (exact) mass is 1170 g/mol. The molecule has 0 bridgehead atoms. The van der Waals surface area contributed by atoms with Crippen molar-refractivity contribution in [1.29, 1.82) is 5.26 Å². The zero-order chi connectivity index (χ0) is 53.6. The van der Waals surface area contributed by atoms with E-state index >= 15 is 0 Å². The molecule has 15 heteroatoms. The molecule has 6 aromatic heterocycles. The number of aromatic carboxylic acids is 1. The quantitative estimate of drug-likeness (QED) is 0.0366. The second kappa shape index (κ2) is 23.9. The van der Waals surface area contributed by atoms with E-state index in [1.54, 1.807) is 0 Å². The van der Waals surface area contributed by atoms with Gasteiger partial charge in [-0.05, 0) is 146 Å². The first-order valence-corrected chi connectivity index (χ1v) is 26.2. The maximum absolute atomic E-state index is 10.8. The summed E-state index contributed by atoms with van der Waals surface area (Å²) in [6, 6.07) is 55.0. The molecule has 2 aliphatic rings. The van der Waals surface area contributed by atoms with Crippen molar-refractivity contribution in [3.8, 4) is 97.9 Å². The average Bonchev–Trinajstić information content (AvgIpc) is 4.29. The molecule has 0 aliphatic heterocycles. The molecule has 6 heterocycles. The van der Waals surface area contributed by atoms with Crippen LogP contribution in [0, 0.1) is 10.7 Å². The number of thiocarbonyl (C=S) groups is 1. The fraction of sp³-hybridized carbons (Fsp3) is 0.0968. The largest absolute Gasteiger partial charge is 2.00 e. The number of rotatable bonds is 9. The number of pyridine rings is 4. The van der Waals surface area contributed by atoms with Gasteiger partial charge in [-0.2, -0.15) is 5.16 Å². The topological polar surface area (TPSA) is 161 Å². The van der Waals surface area contributed by atoms with Gasteiger partial charge in [-0.25, -0.2) is 10.1 Å². The van der Waals surface area contributed by atoms with Crippen LogP contribution in [0.3, 0.4) is 0 Å². The fourth-order valence-electron chi connectivity index (χ4n) is 9.84. The van der Waals surface area contributed by atoms with Gasteiger partial charge in [0.2, 0.25) is 0 Å². The van der Waals surface area contributed by atoms with Crippen LogP contribution < -0.4 is 4.74 Å². The van der Waals surface area contributed by atoms with Crippen molar-refractivity contribution in [2.45, 2.75) is 38.5 Å². The van der Waals surface area contributed by atoms with E-state index < -0.39 is 5.97 Å². The van der Waals surface area contributed by atoms with Crippen LogP contribution in [0.15, 0.2) is 183 Å². The first-order chi connectivity index (χ1) is 36.8. The van der Waals surface area contributed by atoms with Crippen LogP contribution in [0.25, 0.3) is 92.2 Å². The van der Waals surface area contributed by atoms with Crippen molar-refractivity contribution in [2.24, 2.45) is 0 Å². The Morgan fingerprint density at radius 2 is 0.935 bits per heavy atom. The number of isothiocyanates is 1. The van der Waals surface area contributed by atoms with Crippen LogP contribution >= 0.6 is 34.9 Å². The maximum atomic E-state index is 10.8. The van der Waals surface area contributed by atoms with Crippen molar-refractivity contribution < 1.29 is 38.9 Å². The SMILES string of the molecule is CC1(C)c2ccccc2-c2ccc(-c3ccc(-c4ccnc(-c5cc(-c6ccc(-c7ccc8c(c7)C(C)(C)c7ccccc7-8)s6)ccn5)c4)s3)cc21.N#C[S-].O=COc1ccnc(-c2cc(C(=O)O)ccn2)c1.[N-]=C=S.[Ru+2]. The van der Waals surface area contributed by atoms with Crippen LogP contribution in [0.4, 0.5) is 0 Å². The molecule has 0 unspecified atom stereocenters. The van der Waals surface area contributed by atoms with Gasteiger partial charge in [0.05, 0.1) is 28.3 Å². The van der Waals surface area contributed by atoms with Gasteiger partial charge in [0.1, 0.15) is 5.75 Å². The first-order valence-electron chi connectivity index (χ1n) is 23.7. The van der Waals surface area contributed by atoms with E-state index in [1.807, 2.05) is 35.1 Å². The van der Waals surface area contributed by atoms with Gasteiger partial charge in [0.15, 0.2) is 0 Å². The number of nitrogens with zero attached hydrogens (tertiary/aromatic N) is 6. The molecule has 1 N–H and O–H groups in total. The fourth-order valence-corrected chi connectivity index (χ4v) is 11.8. The number of benzene rings is 4. The van der Waals surface area contributed by atoms with Gasteiger partial charge in [-0.1, -0.05) is 118 Å². The number of carboxylic acids is 1. The van der Waals surface area contributed by atoms with E-state index in [2.05, 4.69) is 201 Å². The number of aromatic nitrogens is 4. The minimum absolute atomic E-state index is 0. The number of thiocyanates is 1. The summed E-state index contributed by atoms with van der Waals surface area (Å²) in [7, 11) is 0. The Bertz CT molecular complexity index is 3730. The van der Waals surface area contributed by atoms with Crippen LogP contribution in [0.1, 0.15) is 60.3 Å². The summed E-state index contributed by atoms with van der Waals surface area (Å²) >= 11 is 11.1. The van der Waals surface area contributed by atoms with Crippen molar-refractivity contribution in [3.63, 3.8) is 0 Å². The molecule has 2 aliphatic carbocycles. The van der Waals surface area contributed by atoms with E-state index in [0.29, 0.717) is 23.6 Å². The van der Waals surface area contributed by atoms with E-state index in [0.717, 1.165) is 22.5 Å². The van der Waals surface area contributed by atoms with Crippen molar-refractivity contribution >= 4 is 65.1 Å². The summed E-state index contributed by atoms with van der Waals surface area (Å²) in [5, 5.41) is 25.8. The van der Waals surface area contributed by atoms with Crippen molar-refractivity contribution in [1.82, 2.24) is 19.9 Å². The molecule has 10 nitrogen and oxygen atoms in total. The van der Waals surface area contributed by atoms with Gasteiger partial charge in [0, 0.05) is 61.2 Å². The molecule has 0 fully saturated rings. The third-order valence-corrected chi connectivity index (χ3v) is 15.9. The Kier molecular flexibility index (Phi) is 17.1. The van der Waals surface area contributed by atoms with Crippen LogP contribution in [0.5, 0.6) is 5.75 Å². The predicted molar refractivity (Wildman–Crippen MR) is 310 cm³/mol. The predicted octanol–water partition coefficient (Wildman–Crippen LogP) is 15.6. The van der Waals surface area contributed by atoms with E-state index in [4.69, 9.17) is 25.7 Å². The summed E-state index contributed by atoms with van der Waals surface area (Å²) in [6.07, 6.45) is 6.64. The van der Waals surface area contributed by atoms with Gasteiger partial charge in [-0.3, -0.25) is 24.7 Å². The molecule has 0 amide bonds. The molecule has 77 heavy (non-hydrogen) atoms. The Labute approximate surface area is 477 Å². The Hall–Kier alpha value is -8.05. The van der Waals surface area contributed by atoms with E-state index in [1.165, 1.54) is 122 Å². The molecule has 0 atom stereocenters. The van der Waals surface area contributed by atoms with Crippen LogP contribution in [-0.2, 0) is 47.7 Å². The molecule has 0 saturated carbocycles. The normalized spacial score (nSPS) is 12.2. The number of thiophene rings is 2. The van der Waals surface area contributed by atoms with Gasteiger partial charge in [-0.15, -0.1) is 22.7 Å². The van der Waals surface area contributed by atoms with Crippen LogP contribution in [-0.4, -0.2) is 42.6 Å². The van der Waals surface area contributed by atoms with Gasteiger partial charge < -0.3 is 27.9 Å². The number of nitriles is 1. The van der Waals surface area contributed by atoms with Crippen molar-refractivity contribution in [2.75, 3.05) is 0 Å². The second-order valence-electron chi connectivity index (χ2n) is 18.6. The summed E-state index contributed by atoms with van der Waals surface area (Å²) < 4.78 is 4.68. The van der Waals surface area contributed by atoms with Gasteiger partial charge >= 0.3 is 25.4 Å². The molecule has 0 saturated heterocycles. The Morgan fingerprint density at radius 1 is 0.571 bits per heavy atom. The third-order valence-electron chi connectivity index (χ3n) is 13.5. The maximum Gasteiger partial charge on any atom is 2.00 e. The Morgan fingerprint density at radius 3 is 1.36 bits per heavy atom. The number of hydrogen-bond donors (Lipinski definition) is 1. The molecule has 0 radical (unpaired) electrons. The summed E-state index contributed by atoms with van der Waals surface area (Å²) in [5.74, 6) is -0.725. The molecule has 12 rings (SSSR count). The molecule has 4 aromatic carbocycles. The zero-order valence-corrected chi connectivity index (χ0v) is 46.7. The van der Waals surface area contributed by atoms with Crippen LogP contribution in [0.2, 0.25) is 0 Å². The molecular formula is C62H44N6O4RuS4. The third kappa shape index (κ3) is 11.4. The summed E-state index contributed by atoms with van der Waals surface area (Å²) in [5.41, 5.74) is 18.6. The number of carbonyl (C=O) groups excluding carboxylic acids is 1. The average molecular weight is 1170 g/mol. The minimum Gasteiger partial charge on any atom is -0.753 e. The number of carboxylic acid groups (broad SMARTS) is 1. The van der Waals surface area contributed by atoms with Gasteiger partial charge in [0.25, 0.3) is 6.47 Å².